The van der Waals surface area contributed by atoms with Gasteiger partial charge in [0.2, 0.25) is 0 Å². The Hall–Kier alpha value is -5.86. The summed E-state index contributed by atoms with van der Waals surface area (Å²) in [7, 11) is 0. The predicted molar refractivity (Wildman–Crippen MR) is 123 cm³/mol. The van der Waals surface area contributed by atoms with Crippen molar-refractivity contribution >= 4 is 55.0 Å². The van der Waals surface area contributed by atoms with Gasteiger partial charge >= 0.3 is 56.9 Å². The second-order valence-corrected chi connectivity index (χ2v) is 7.58. The molecule has 0 spiro atoms. The fourth-order valence-corrected chi connectivity index (χ4v) is 3.65. The minimum Gasteiger partial charge on any atom is -0.392 e. The standard InChI is InChI=1S/2C10H2O6.C3H2O3/c11-7-3-1-4-6(10(14)16-8(4)12)2-5(3)9(13)15-7;11-7-3-1-2-4-6(5(3)9(13)15-7)10(14)16-8(4)12;4-2-1-3(5)6-2/h2*1-2H;1H2. The van der Waals surface area contributed by atoms with Crippen molar-refractivity contribution in [2.75, 3.05) is 0 Å². The fraction of sp³-hybridized carbons (Fsp3) is 0.0435. The van der Waals surface area contributed by atoms with Gasteiger partial charge in [0.05, 0.1) is 43.1 Å². The fourth-order valence-electron chi connectivity index (χ4n) is 3.65. The first-order valence-corrected chi connectivity index (χ1v) is 10.1. The number of carbonyl (C=O) groups excluding carboxylic acids is 2. The molecule has 0 saturated carbocycles. The monoisotopic (exact) mass is 522 g/mol. The SMILES string of the molecule is O=C1CC(=O)O1.O=c1oc(=O)c2c1ccc1c(=O)oc(=O)c12.O=c1oc(=O)c2cc3c(=O)oc(=O)c3cc12. The summed E-state index contributed by atoms with van der Waals surface area (Å²) in [5.41, 5.74) is -6.80. The zero-order valence-electron chi connectivity index (χ0n) is 18.1. The van der Waals surface area contributed by atoms with Crippen molar-refractivity contribution in [3.8, 4) is 0 Å². The first kappa shape index (κ1) is 23.9. The summed E-state index contributed by atoms with van der Waals surface area (Å²) in [6.07, 6.45) is -0.0278. The van der Waals surface area contributed by atoms with Gasteiger partial charge in [-0.1, -0.05) is 0 Å². The molecule has 0 unspecified atom stereocenters. The third kappa shape index (κ3) is 3.70. The van der Waals surface area contributed by atoms with E-state index in [1.807, 2.05) is 0 Å². The van der Waals surface area contributed by atoms with Crippen LogP contribution in [0, 0.1) is 0 Å². The van der Waals surface area contributed by atoms with E-state index in [1.54, 1.807) is 0 Å². The van der Waals surface area contributed by atoms with E-state index in [2.05, 4.69) is 22.4 Å². The zero-order chi connectivity index (χ0) is 27.5. The van der Waals surface area contributed by atoms with E-state index in [-0.39, 0.29) is 49.5 Å². The maximum Gasteiger partial charge on any atom is 0.347 e. The van der Waals surface area contributed by atoms with E-state index in [1.165, 1.54) is 12.1 Å². The van der Waals surface area contributed by atoms with Crippen molar-refractivity contribution in [3.63, 3.8) is 0 Å². The van der Waals surface area contributed by atoms with E-state index in [0.29, 0.717) is 0 Å². The second-order valence-electron chi connectivity index (χ2n) is 7.58. The van der Waals surface area contributed by atoms with E-state index in [0.717, 1.165) is 12.1 Å². The lowest BCUT2D eigenvalue weighted by Crippen LogP contribution is -2.26. The Morgan fingerprint density at radius 2 is 0.658 bits per heavy atom. The van der Waals surface area contributed by atoms with E-state index < -0.39 is 56.9 Å². The van der Waals surface area contributed by atoms with Crippen LogP contribution in [-0.2, 0) is 14.3 Å². The van der Waals surface area contributed by atoms with Gasteiger partial charge in [0.15, 0.2) is 0 Å². The largest absolute Gasteiger partial charge is 0.392 e. The summed E-state index contributed by atoms with van der Waals surface area (Å²) in [6, 6.07) is 4.82. The minimum atomic E-state index is -0.927. The number of carbonyl (C=O) groups is 2. The predicted octanol–water partition coefficient (Wildman–Crippen LogP) is -1.55. The molecule has 0 radical (unpaired) electrons. The first-order chi connectivity index (χ1) is 18.0. The Morgan fingerprint density at radius 3 is 0.921 bits per heavy atom. The highest BCUT2D eigenvalue weighted by molar-refractivity contribution is 6.06. The van der Waals surface area contributed by atoms with Crippen LogP contribution in [0.5, 0.6) is 0 Å². The van der Waals surface area contributed by atoms with Gasteiger partial charge in [0, 0.05) is 0 Å². The van der Waals surface area contributed by atoms with Gasteiger partial charge < -0.3 is 22.4 Å². The van der Waals surface area contributed by atoms with Gasteiger partial charge in [-0.05, 0) is 24.3 Å². The van der Waals surface area contributed by atoms with Crippen LogP contribution in [0.15, 0.2) is 80.3 Å². The number of hydrogen-bond donors (Lipinski definition) is 0. The van der Waals surface area contributed by atoms with Crippen molar-refractivity contribution in [3.05, 3.63) is 108 Å². The summed E-state index contributed by atoms with van der Waals surface area (Å²) >= 11 is 0. The number of rotatable bonds is 0. The number of cyclic esters (lactones) is 2. The average Bonchev–Trinajstić information content (AvgIpc) is 3.50. The summed E-state index contributed by atoms with van der Waals surface area (Å²) in [5, 5.41) is -0.473. The zero-order valence-corrected chi connectivity index (χ0v) is 18.1. The Morgan fingerprint density at radius 1 is 0.395 bits per heavy atom. The Labute approximate surface area is 201 Å². The lowest BCUT2D eigenvalue weighted by molar-refractivity contribution is -0.174. The van der Waals surface area contributed by atoms with Crippen LogP contribution in [-0.4, -0.2) is 11.9 Å². The summed E-state index contributed by atoms with van der Waals surface area (Å²) in [4.78, 5) is 109. The molecule has 7 rings (SSSR count). The molecule has 0 N–H and O–H groups in total. The van der Waals surface area contributed by atoms with E-state index >= 15 is 0 Å². The molecule has 1 saturated heterocycles. The molecule has 1 fully saturated rings. The highest BCUT2D eigenvalue weighted by atomic mass is 16.6. The van der Waals surface area contributed by atoms with Crippen molar-refractivity contribution in [2.24, 2.45) is 0 Å². The average molecular weight is 522 g/mol. The third-order valence-corrected chi connectivity index (χ3v) is 5.35. The molecule has 188 valence electrons. The van der Waals surface area contributed by atoms with Gasteiger partial charge in [-0.3, -0.25) is 9.59 Å². The van der Waals surface area contributed by atoms with Gasteiger partial charge in [-0.15, -0.1) is 0 Å². The number of benzene rings is 2. The van der Waals surface area contributed by atoms with Crippen LogP contribution in [0.1, 0.15) is 6.42 Å². The van der Waals surface area contributed by atoms with Crippen molar-refractivity contribution in [2.45, 2.75) is 6.42 Å². The molecule has 5 heterocycles. The topological polar surface area (TPSA) is 232 Å². The van der Waals surface area contributed by atoms with Crippen LogP contribution in [0.3, 0.4) is 0 Å². The van der Waals surface area contributed by atoms with Gasteiger partial charge in [-0.2, -0.15) is 0 Å². The Kier molecular flexibility index (Phi) is 5.26. The van der Waals surface area contributed by atoms with Gasteiger partial charge in [0.1, 0.15) is 6.42 Å². The Bertz CT molecular complexity index is 2120. The molecule has 15 heteroatoms. The number of esters is 2. The van der Waals surface area contributed by atoms with Crippen LogP contribution < -0.4 is 45.0 Å². The van der Waals surface area contributed by atoms with E-state index in [4.69, 9.17) is 0 Å². The molecular formula is C23H6O15. The lowest BCUT2D eigenvalue weighted by Gasteiger charge is -2.06. The molecule has 6 aromatic rings. The Balaban J connectivity index is 0.000000128. The molecule has 1 aliphatic heterocycles. The molecule has 0 aliphatic carbocycles. The van der Waals surface area contributed by atoms with Crippen molar-refractivity contribution < 1.29 is 32.0 Å². The quantitative estimate of drug-likeness (QED) is 0.162. The second kappa shape index (κ2) is 8.37. The molecule has 4 aromatic heterocycles. The van der Waals surface area contributed by atoms with Crippen LogP contribution >= 0.6 is 0 Å². The smallest absolute Gasteiger partial charge is 0.347 e. The molecule has 0 amide bonds. The molecule has 38 heavy (non-hydrogen) atoms. The highest BCUT2D eigenvalue weighted by Gasteiger charge is 2.24. The van der Waals surface area contributed by atoms with Crippen LogP contribution in [0.2, 0.25) is 0 Å². The summed E-state index contributed by atoms with van der Waals surface area (Å²) in [5.74, 6) is -0.833. The third-order valence-electron chi connectivity index (χ3n) is 5.35. The summed E-state index contributed by atoms with van der Waals surface area (Å²) < 4.78 is 21.2. The summed E-state index contributed by atoms with van der Waals surface area (Å²) in [6.45, 7) is 0. The van der Waals surface area contributed by atoms with Crippen LogP contribution in [0.25, 0.3) is 43.1 Å². The van der Waals surface area contributed by atoms with Gasteiger partial charge in [-0.25, -0.2) is 38.4 Å². The molecule has 0 atom stereocenters. The number of hydrogen-bond acceptors (Lipinski definition) is 15. The molecule has 2 aromatic carbocycles. The molecule has 1 aliphatic rings. The first-order valence-electron chi connectivity index (χ1n) is 10.1. The highest BCUT2D eigenvalue weighted by Crippen LogP contribution is 2.16. The maximum absolute atomic E-state index is 11.3. The number of fused-ring (bicyclic) bond motifs is 5. The van der Waals surface area contributed by atoms with Crippen molar-refractivity contribution in [1.82, 2.24) is 0 Å². The van der Waals surface area contributed by atoms with Gasteiger partial charge in [0.25, 0.3) is 0 Å². The minimum absolute atomic E-state index is 0.0181. The maximum atomic E-state index is 11.3. The van der Waals surface area contributed by atoms with Crippen molar-refractivity contribution in [1.29, 1.82) is 0 Å². The normalized spacial score (nSPS) is 12.7. The molecular weight excluding hydrogens is 516 g/mol. The number of furan rings is 4. The molecule has 15 nitrogen and oxygen atoms in total. The lowest BCUT2D eigenvalue weighted by atomic mass is 10.1. The molecule has 0 bridgehead atoms. The van der Waals surface area contributed by atoms with E-state index in [9.17, 15) is 47.9 Å². The number of ether oxygens (including phenoxy) is 1. The van der Waals surface area contributed by atoms with Crippen LogP contribution in [0.4, 0.5) is 0 Å².